The van der Waals surface area contributed by atoms with Gasteiger partial charge < -0.3 is 29.6 Å². The van der Waals surface area contributed by atoms with Crippen LogP contribution in [0.25, 0.3) is 10.9 Å². The van der Waals surface area contributed by atoms with Crippen LogP contribution in [0.3, 0.4) is 0 Å². The molecule has 1 amide bonds. The lowest BCUT2D eigenvalue weighted by atomic mass is 10.1. The van der Waals surface area contributed by atoms with E-state index in [2.05, 4.69) is 10.3 Å². The average Bonchev–Trinajstić information content (AvgIpc) is 3.14. The van der Waals surface area contributed by atoms with Gasteiger partial charge >= 0.3 is 12.1 Å². The van der Waals surface area contributed by atoms with E-state index >= 15 is 0 Å². The Balaban J connectivity index is 1.63. The predicted molar refractivity (Wildman–Crippen MR) is 106 cm³/mol. The van der Waals surface area contributed by atoms with Gasteiger partial charge in [0.15, 0.2) is 0 Å². The van der Waals surface area contributed by atoms with Gasteiger partial charge in [-0.05, 0) is 29.3 Å². The Labute approximate surface area is 167 Å². The van der Waals surface area contributed by atoms with Crippen molar-refractivity contribution in [3.63, 3.8) is 0 Å². The maximum atomic E-state index is 12.2. The largest absolute Gasteiger partial charge is 0.497 e. The van der Waals surface area contributed by atoms with E-state index in [9.17, 15) is 14.7 Å². The quantitative estimate of drug-likeness (QED) is 0.538. The summed E-state index contributed by atoms with van der Waals surface area (Å²) in [5, 5.41) is 12.8. The number of carbonyl (C=O) groups is 2. The van der Waals surface area contributed by atoms with Crippen LogP contribution in [0.4, 0.5) is 4.79 Å². The molecule has 0 aliphatic carbocycles. The van der Waals surface area contributed by atoms with Crippen molar-refractivity contribution in [2.24, 2.45) is 0 Å². The van der Waals surface area contributed by atoms with Crippen molar-refractivity contribution in [1.29, 1.82) is 0 Å². The number of hydrogen-bond donors (Lipinski definition) is 3. The maximum Gasteiger partial charge on any atom is 0.408 e. The lowest BCUT2D eigenvalue weighted by Crippen LogP contribution is -2.42. The van der Waals surface area contributed by atoms with E-state index in [1.807, 2.05) is 24.3 Å². The topological polar surface area (TPSA) is 110 Å². The number of nitrogens with one attached hydrogen (secondary N) is 2. The highest BCUT2D eigenvalue weighted by Gasteiger charge is 2.22. The van der Waals surface area contributed by atoms with Crippen molar-refractivity contribution < 1.29 is 28.9 Å². The van der Waals surface area contributed by atoms with E-state index in [0.29, 0.717) is 17.1 Å². The number of para-hydroxylation sites is 1. The summed E-state index contributed by atoms with van der Waals surface area (Å²) in [6.45, 7) is -0.0567. The van der Waals surface area contributed by atoms with E-state index in [4.69, 9.17) is 14.2 Å². The summed E-state index contributed by atoms with van der Waals surface area (Å²) in [7, 11) is 3.04. The summed E-state index contributed by atoms with van der Waals surface area (Å²) < 4.78 is 15.5. The normalized spacial score (nSPS) is 11.7. The standard InChI is InChI=1S/C21H22N2O6/c1-27-15-7-13(8-16(10-15)28-2)12-29-21(26)23-19(20(24)25)9-14-11-22-18-6-4-3-5-17(14)18/h3-8,10-11,19,22H,9,12H2,1-2H3,(H,23,26)(H,24,25)/t19-/m0/s1. The lowest BCUT2D eigenvalue weighted by Gasteiger charge is -2.15. The van der Waals surface area contributed by atoms with Crippen LogP contribution in [0.15, 0.2) is 48.7 Å². The van der Waals surface area contributed by atoms with Gasteiger partial charge in [-0.25, -0.2) is 9.59 Å². The first-order chi connectivity index (χ1) is 14.0. The average molecular weight is 398 g/mol. The molecule has 0 saturated carbocycles. The number of ether oxygens (including phenoxy) is 3. The fourth-order valence-corrected chi connectivity index (χ4v) is 3.00. The Morgan fingerprint density at radius 1 is 1.10 bits per heavy atom. The molecule has 0 aliphatic heterocycles. The van der Waals surface area contributed by atoms with Gasteiger partial charge in [-0.1, -0.05) is 18.2 Å². The van der Waals surface area contributed by atoms with Crippen molar-refractivity contribution >= 4 is 23.0 Å². The van der Waals surface area contributed by atoms with Gasteiger partial charge in [0.2, 0.25) is 0 Å². The smallest absolute Gasteiger partial charge is 0.408 e. The number of carbonyl (C=O) groups excluding carboxylic acids is 1. The number of benzene rings is 2. The minimum atomic E-state index is -1.14. The second-order valence-corrected chi connectivity index (χ2v) is 6.40. The summed E-state index contributed by atoms with van der Waals surface area (Å²) in [6.07, 6.45) is 1.05. The molecule has 1 aromatic heterocycles. The molecule has 0 unspecified atom stereocenters. The number of H-pyrrole nitrogens is 1. The van der Waals surface area contributed by atoms with Crippen LogP contribution in [0.2, 0.25) is 0 Å². The first kappa shape index (κ1) is 20.1. The Hall–Kier alpha value is -3.68. The zero-order valence-corrected chi connectivity index (χ0v) is 16.1. The van der Waals surface area contributed by atoms with Crippen LogP contribution in [-0.2, 0) is 22.6 Å². The Kier molecular flexibility index (Phi) is 6.23. The maximum absolute atomic E-state index is 12.2. The van der Waals surface area contributed by atoms with Crippen LogP contribution < -0.4 is 14.8 Å². The first-order valence-electron chi connectivity index (χ1n) is 8.93. The summed E-state index contributed by atoms with van der Waals surface area (Å²) in [6, 6.07) is 11.5. The number of hydrogen-bond acceptors (Lipinski definition) is 5. The Morgan fingerprint density at radius 2 is 1.79 bits per heavy atom. The number of methoxy groups -OCH3 is 2. The summed E-state index contributed by atoms with van der Waals surface area (Å²) >= 11 is 0. The number of carboxylic acid groups (broad SMARTS) is 1. The molecule has 3 rings (SSSR count). The van der Waals surface area contributed by atoms with Crippen molar-refractivity contribution in [1.82, 2.24) is 10.3 Å². The summed E-state index contributed by atoms with van der Waals surface area (Å²) in [5.41, 5.74) is 2.35. The van der Waals surface area contributed by atoms with Crippen molar-refractivity contribution in [3.8, 4) is 11.5 Å². The van der Waals surface area contributed by atoms with E-state index in [1.165, 1.54) is 14.2 Å². The zero-order valence-electron chi connectivity index (χ0n) is 16.1. The third-order valence-electron chi connectivity index (χ3n) is 4.47. The van der Waals surface area contributed by atoms with Crippen LogP contribution in [0.1, 0.15) is 11.1 Å². The number of rotatable bonds is 8. The molecule has 0 saturated heterocycles. The SMILES string of the molecule is COc1cc(COC(=O)N[C@@H](Cc2c[nH]c3ccccc23)C(=O)O)cc(OC)c1. The van der Waals surface area contributed by atoms with E-state index < -0.39 is 18.1 Å². The molecule has 8 heteroatoms. The van der Waals surface area contributed by atoms with Gasteiger partial charge in [0.05, 0.1) is 14.2 Å². The fraction of sp³-hybridized carbons (Fsp3) is 0.238. The molecular weight excluding hydrogens is 376 g/mol. The molecule has 0 fully saturated rings. The van der Waals surface area contributed by atoms with Gasteiger partial charge in [-0.2, -0.15) is 0 Å². The number of aromatic amines is 1. The lowest BCUT2D eigenvalue weighted by molar-refractivity contribution is -0.139. The van der Waals surface area contributed by atoms with Crippen LogP contribution in [-0.4, -0.2) is 42.4 Å². The van der Waals surface area contributed by atoms with E-state index in [1.54, 1.807) is 24.4 Å². The van der Waals surface area contributed by atoms with Crippen molar-refractivity contribution in [2.45, 2.75) is 19.1 Å². The van der Waals surface area contributed by atoms with Crippen molar-refractivity contribution in [3.05, 3.63) is 59.8 Å². The molecule has 2 aromatic carbocycles. The molecule has 0 spiro atoms. The Morgan fingerprint density at radius 3 is 2.45 bits per heavy atom. The number of alkyl carbamates (subject to hydrolysis) is 1. The number of aliphatic carboxylic acids is 1. The number of carboxylic acids is 1. The molecule has 3 N–H and O–H groups in total. The number of fused-ring (bicyclic) bond motifs is 1. The third-order valence-corrected chi connectivity index (χ3v) is 4.47. The van der Waals surface area contributed by atoms with Gasteiger partial charge in [0.25, 0.3) is 0 Å². The van der Waals surface area contributed by atoms with Crippen molar-refractivity contribution in [2.75, 3.05) is 14.2 Å². The Bertz CT molecular complexity index is 991. The minimum absolute atomic E-state index is 0.0567. The van der Waals surface area contributed by atoms with Gasteiger partial charge in [-0.3, -0.25) is 0 Å². The molecule has 3 aromatic rings. The third kappa shape index (κ3) is 4.98. The van der Waals surface area contributed by atoms with Gasteiger partial charge in [-0.15, -0.1) is 0 Å². The van der Waals surface area contributed by atoms with Crippen LogP contribution in [0, 0.1) is 0 Å². The van der Waals surface area contributed by atoms with E-state index in [-0.39, 0.29) is 13.0 Å². The molecule has 29 heavy (non-hydrogen) atoms. The fourth-order valence-electron chi connectivity index (χ4n) is 3.00. The second kappa shape index (κ2) is 9.01. The number of aromatic nitrogens is 1. The molecule has 0 bridgehead atoms. The predicted octanol–water partition coefficient (Wildman–Crippen LogP) is 3.11. The molecule has 1 heterocycles. The second-order valence-electron chi connectivity index (χ2n) is 6.40. The minimum Gasteiger partial charge on any atom is -0.497 e. The first-order valence-corrected chi connectivity index (χ1v) is 8.93. The zero-order chi connectivity index (χ0) is 20.8. The van der Waals surface area contributed by atoms with Crippen LogP contribution >= 0.6 is 0 Å². The number of amides is 1. The highest BCUT2D eigenvalue weighted by atomic mass is 16.5. The summed E-state index contributed by atoms with van der Waals surface area (Å²) in [4.78, 5) is 26.9. The highest BCUT2D eigenvalue weighted by Crippen LogP contribution is 2.23. The van der Waals surface area contributed by atoms with Gasteiger partial charge in [0.1, 0.15) is 24.1 Å². The van der Waals surface area contributed by atoms with Crippen LogP contribution in [0.5, 0.6) is 11.5 Å². The molecule has 0 aliphatic rings. The molecule has 1 atom stereocenters. The molecular formula is C21H22N2O6. The molecule has 8 nitrogen and oxygen atoms in total. The van der Waals surface area contributed by atoms with E-state index in [0.717, 1.165) is 16.5 Å². The summed E-state index contributed by atoms with van der Waals surface area (Å²) in [5.74, 6) is -0.0208. The molecule has 152 valence electrons. The monoisotopic (exact) mass is 398 g/mol. The van der Waals surface area contributed by atoms with Gasteiger partial charge in [0, 0.05) is 29.6 Å². The molecule has 0 radical (unpaired) electrons. The highest BCUT2D eigenvalue weighted by molar-refractivity contribution is 5.85.